The lowest BCUT2D eigenvalue weighted by Crippen LogP contribution is -2.00. The van der Waals surface area contributed by atoms with Crippen LogP contribution in [-0.4, -0.2) is 19.1 Å². The molecule has 0 fully saturated rings. The average Bonchev–Trinajstić information content (AvgIpc) is 3.62. The molecule has 0 atom stereocenters. The van der Waals surface area contributed by atoms with Crippen molar-refractivity contribution in [2.75, 3.05) is 0 Å². The molecule has 0 N–H and O–H groups in total. The van der Waals surface area contributed by atoms with Crippen LogP contribution in [0.1, 0.15) is 0 Å². The topological polar surface area (TPSA) is 35.6 Å². The minimum Gasteiger partial charge on any atom is -0.307 e. The van der Waals surface area contributed by atoms with E-state index in [0.29, 0.717) is 0 Å². The lowest BCUT2D eigenvalue weighted by molar-refractivity contribution is 1.13. The standard InChI is InChI=1S/C40H26N4/c1-3-11-27(12-4-1)35-25-29(21-23-41-35)43-37-17-9-7-15-31(37)33-19-20-34-32-16-8-10-18-38(32)44(40(34)39(33)43)30-22-24-42-36(26-30)28-13-5-2-6-14-28/h1-26H. The summed E-state index contributed by atoms with van der Waals surface area (Å²) in [5.74, 6) is 0. The van der Waals surface area contributed by atoms with Crippen molar-refractivity contribution in [3.63, 3.8) is 0 Å². The van der Waals surface area contributed by atoms with Gasteiger partial charge in [-0.3, -0.25) is 9.97 Å². The van der Waals surface area contributed by atoms with Gasteiger partial charge in [0.25, 0.3) is 0 Å². The molecule has 0 spiro atoms. The summed E-state index contributed by atoms with van der Waals surface area (Å²) >= 11 is 0. The number of rotatable bonds is 4. The van der Waals surface area contributed by atoms with Crippen molar-refractivity contribution in [3.05, 3.63) is 158 Å². The third-order valence-corrected chi connectivity index (χ3v) is 8.61. The second-order valence-corrected chi connectivity index (χ2v) is 11.1. The van der Waals surface area contributed by atoms with E-state index in [1.54, 1.807) is 0 Å². The first-order valence-electron chi connectivity index (χ1n) is 14.8. The number of hydrogen-bond acceptors (Lipinski definition) is 2. The Morgan fingerprint density at radius 3 is 1.23 bits per heavy atom. The number of hydrogen-bond donors (Lipinski definition) is 0. The van der Waals surface area contributed by atoms with E-state index in [1.165, 1.54) is 32.6 Å². The summed E-state index contributed by atoms with van der Waals surface area (Å²) in [4.78, 5) is 9.51. The molecule has 206 valence electrons. The van der Waals surface area contributed by atoms with Gasteiger partial charge in [-0.15, -0.1) is 0 Å². The van der Waals surface area contributed by atoms with Crippen LogP contribution in [0.4, 0.5) is 0 Å². The molecular formula is C40H26N4. The molecule has 4 nitrogen and oxygen atoms in total. The van der Waals surface area contributed by atoms with Gasteiger partial charge in [0.2, 0.25) is 0 Å². The summed E-state index contributed by atoms with van der Waals surface area (Å²) in [5, 5.41) is 4.87. The minimum absolute atomic E-state index is 0.948. The molecule has 0 saturated carbocycles. The molecule has 4 heteroatoms. The van der Waals surface area contributed by atoms with Gasteiger partial charge in [-0.1, -0.05) is 109 Å². The molecule has 9 aromatic rings. The first kappa shape index (κ1) is 24.6. The highest BCUT2D eigenvalue weighted by Gasteiger charge is 2.21. The molecule has 0 unspecified atom stereocenters. The van der Waals surface area contributed by atoms with E-state index in [4.69, 9.17) is 9.97 Å². The van der Waals surface area contributed by atoms with Crippen molar-refractivity contribution < 1.29 is 0 Å². The number of para-hydroxylation sites is 2. The van der Waals surface area contributed by atoms with E-state index in [2.05, 4.69) is 143 Å². The zero-order valence-corrected chi connectivity index (χ0v) is 23.8. The Morgan fingerprint density at radius 2 is 0.773 bits per heavy atom. The van der Waals surface area contributed by atoms with Gasteiger partial charge >= 0.3 is 0 Å². The van der Waals surface area contributed by atoms with E-state index < -0.39 is 0 Å². The summed E-state index contributed by atoms with van der Waals surface area (Å²) < 4.78 is 4.82. The Morgan fingerprint density at radius 1 is 0.364 bits per heavy atom. The molecule has 0 amide bonds. The molecule has 0 saturated heterocycles. The lowest BCUT2D eigenvalue weighted by Gasteiger charge is -2.14. The van der Waals surface area contributed by atoms with Gasteiger partial charge in [-0.2, -0.15) is 0 Å². The van der Waals surface area contributed by atoms with Crippen LogP contribution in [0.15, 0.2) is 158 Å². The van der Waals surface area contributed by atoms with Gasteiger partial charge in [0.15, 0.2) is 0 Å². The highest BCUT2D eigenvalue weighted by atomic mass is 15.0. The van der Waals surface area contributed by atoms with Crippen molar-refractivity contribution in [3.8, 4) is 33.9 Å². The third-order valence-electron chi connectivity index (χ3n) is 8.61. The molecule has 0 aliphatic rings. The predicted octanol–water partition coefficient (Wildman–Crippen LogP) is 10.0. The van der Waals surface area contributed by atoms with Crippen molar-refractivity contribution >= 4 is 43.6 Å². The van der Waals surface area contributed by atoms with Crippen molar-refractivity contribution in [1.29, 1.82) is 0 Å². The smallest absolute Gasteiger partial charge is 0.0788 e. The van der Waals surface area contributed by atoms with E-state index in [-0.39, 0.29) is 0 Å². The van der Waals surface area contributed by atoms with Crippen LogP contribution >= 0.6 is 0 Å². The molecule has 4 heterocycles. The van der Waals surface area contributed by atoms with Gasteiger partial charge in [0, 0.05) is 56.4 Å². The average molecular weight is 563 g/mol. The van der Waals surface area contributed by atoms with Gasteiger partial charge in [-0.05, 0) is 36.4 Å². The van der Waals surface area contributed by atoms with E-state index >= 15 is 0 Å². The zero-order valence-electron chi connectivity index (χ0n) is 23.8. The van der Waals surface area contributed by atoms with Crippen LogP contribution in [0, 0.1) is 0 Å². The molecule has 4 aromatic heterocycles. The summed E-state index contributed by atoms with van der Waals surface area (Å²) in [6.45, 7) is 0. The summed E-state index contributed by atoms with van der Waals surface area (Å²) in [7, 11) is 0. The van der Waals surface area contributed by atoms with Gasteiger partial charge in [-0.25, -0.2) is 0 Å². The SMILES string of the molecule is c1ccc(-c2cc(-n3c4ccccc4c4ccc5c6ccccc6n(-c6ccnc(-c7ccccc7)c6)c5c43)ccn2)cc1. The van der Waals surface area contributed by atoms with Crippen LogP contribution in [0.5, 0.6) is 0 Å². The molecule has 5 aromatic carbocycles. The van der Waals surface area contributed by atoms with Crippen molar-refractivity contribution in [2.45, 2.75) is 0 Å². The van der Waals surface area contributed by atoms with Gasteiger partial charge in [0.05, 0.1) is 33.5 Å². The highest BCUT2D eigenvalue weighted by Crippen LogP contribution is 2.42. The van der Waals surface area contributed by atoms with Crippen LogP contribution in [0.25, 0.3) is 77.5 Å². The van der Waals surface area contributed by atoms with Crippen LogP contribution in [-0.2, 0) is 0 Å². The molecule has 0 aliphatic carbocycles. The van der Waals surface area contributed by atoms with E-state index in [1.807, 2.05) is 24.5 Å². The second-order valence-electron chi connectivity index (χ2n) is 11.1. The van der Waals surface area contributed by atoms with Crippen LogP contribution in [0.2, 0.25) is 0 Å². The Hall–Kier alpha value is -6.00. The van der Waals surface area contributed by atoms with Crippen molar-refractivity contribution in [2.24, 2.45) is 0 Å². The molecule has 0 bridgehead atoms. The highest BCUT2D eigenvalue weighted by molar-refractivity contribution is 6.23. The van der Waals surface area contributed by atoms with Gasteiger partial charge in [0.1, 0.15) is 0 Å². The largest absolute Gasteiger partial charge is 0.307 e. The van der Waals surface area contributed by atoms with Crippen LogP contribution < -0.4 is 0 Å². The monoisotopic (exact) mass is 562 g/mol. The molecular weight excluding hydrogens is 536 g/mol. The first-order chi connectivity index (χ1) is 21.8. The lowest BCUT2D eigenvalue weighted by atomic mass is 10.1. The molecule has 9 rings (SSSR count). The Labute approximate surface area is 254 Å². The van der Waals surface area contributed by atoms with Crippen molar-refractivity contribution in [1.82, 2.24) is 19.1 Å². The number of nitrogens with zero attached hydrogens (tertiary/aromatic N) is 4. The Kier molecular flexibility index (Phi) is 5.47. The van der Waals surface area contributed by atoms with E-state index in [9.17, 15) is 0 Å². The second kappa shape index (κ2) is 9.79. The fraction of sp³-hybridized carbons (Fsp3) is 0. The third kappa shape index (κ3) is 3.71. The number of benzene rings is 5. The fourth-order valence-electron chi connectivity index (χ4n) is 6.69. The summed E-state index contributed by atoms with van der Waals surface area (Å²) in [6, 6.07) is 51.4. The maximum atomic E-state index is 4.75. The maximum Gasteiger partial charge on any atom is 0.0788 e. The number of aromatic nitrogens is 4. The van der Waals surface area contributed by atoms with E-state index in [0.717, 1.165) is 44.9 Å². The molecule has 0 aliphatic heterocycles. The normalized spacial score (nSPS) is 11.6. The first-order valence-corrected chi connectivity index (χ1v) is 14.8. The Balaban J connectivity index is 1.42. The number of pyridine rings is 2. The predicted molar refractivity (Wildman–Crippen MR) is 182 cm³/mol. The minimum atomic E-state index is 0.948. The zero-order chi connectivity index (χ0) is 29.0. The number of fused-ring (bicyclic) bond motifs is 7. The molecule has 0 radical (unpaired) electrons. The summed E-state index contributed by atoms with van der Waals surface area (Å²) in [5.41, 5.74) is 10.9. The maximum absolute atomic E-state index is 4.75. The van der Waals surface area contributed by atoms with Crippen LogP contribution in [0.3, 0.4) is 0 Å². The van der Waals surface area contributed by atoms with Gasteiger partial charge < -0.3 is 9.13 Å². The molecule has 44 heavy (non-hydrogen) atoms. The quantitative estimate of drug-likeness (QED) is 0.214. The Bertz CT molecular complexity index is 2310. The fourth-order valence-corrected chi connectivity index (χ4v) is 6.69. The summed E-state index contributed by atoms with van der Waals surface area (Å²) in [6.07, 6.45) is 3.84.